The van der Waals surface area contributed by atoms with Gasteiger partial charge < -0.3 is 9.15 Å². The van der Waals surface area contributed by atoms with Crippen LogP contribution in [0.25, 0.3) is 0 Å². The minimum atomic E-state index is 0.130. The number of Topliss-reactive ketones (excluding diaryl/α,β-unsaturated/α-hetero) is 1. The summed E-state index contributed by atoms with van der Waals surface area (Å²) in [5.74, 6) is 1.32. The van der Waals surface area contributed by atoms with Gasteiger partial charge in [-0.2, -0.15) is 0 Å². The molecular formula is C11H14O3. The summed E-state index contributed by atoms with van der Waals surface area (Å²) in [5.41, 5.74) is 0. The molecule has 14 heavy (non-hydrogen) atoms. The second-order valence-electron chi connectivity index (χ2n) is 3.61. The standard InChI is InChI=1S/C11H14O3/c12-11(9-5-7-13-8-9)4-3-10-2-1-6-14-10/h1-2,6,9H,3-5,7-8H2. The highest BCUT2D eigenvalue weighted by molar-refractivity contribution is 5.81. The van der Waals surface area contributed by atoms with Crippen LogP contribution in [0.5, 0.6) is 0 Å². The number of rotatable bonds is 4. The smallest absolute Gasteiger partial charge is 0.138 e. The van der Waals surface area contributed by atoms with Gasteiger partial charge in [0, 0.05) is 25.4 Å². The van der Waals surface area contributed by atoms with Crippen LogP contribution in [0, 0.1) is 5.92 Å². The summed E-state index contributed by atoms with van der Waals surface area (Å²) in [6.07, 6.45) is 3.80. The Labute approximate surface area is 83.0 Å². The molecule has 0 saturated carbocycles. The third-order valence-electron chi connectivity index (χ3n) is 2.58. The zero-order chi connectivity index (χ0) is 9.80. The lowest BCUT2D eigenvalue weighted by molar-refractivity contribution is -0.122. The van der Waals surface area contributed by atoms with Crippen LogP contribution in [-0.2, 0) is 16.0 Å². The summed E-state index contributed by atoms with van der Waals surface area (Å²) in [4.78, 5) is 11.6. The van der Waals surface area contributed by atoms with Crippen LogP contribution in [0.15, 0.2) is 22.8 Å². The van der Waals surface area contributed by atoms with E-state index in [1.807, 2.05) is 12.1 Å². The van der Waals surface area contributed by atoms with Crippen LogP contribution >= 0.6 is 0 Å². The van der Waals surface area contributed by atoms with Gasteiger partial charge in [0.1, 0.15) is 11.5 Å². The van der Waals surface area contributed by atoms with Gasteiger partial charge >= 0.3 is 0 Å². The molecule has 0 N–H and O–H groups in total. The maximum Gasteiger partial charge on any atom is 0.138 e. The zero-order valence-corrected chi connectivity index (χ0v) is 8.07. The minimum Gasteiger partial charge on any atom is -0.469 e. The molecule has 1 unspecified atom stereocenters. The third kappa shape index (κ3) is 2.23. The van der Waals surface area contributed by atoms with E-state index < -0.39 is 0 Å². The van der Waals surface area contributed by atoms with Gasteiger partial charge in [-0.1, -0.05) is 0 Å². The lowest BCUT2D eigenvalue weighted by Gasteiger charge is -2.04. The van der Waals surface area contributed by atoms with Crippen LogP contribution < -0.4 is 0 Å². The molecule has 1 aliphatic rings. The Bertz CT molecular complexity index is 283. The molecule has 3 nitrogen and oxygen atoms in total. The van der Waals surface area contributed by atoms with Crippen LogP contribution in [0.4, 0.5) is 0 Å². The van der Waals surface area contributed by atoms with E-state index in [4.69, 9.17) is 9.15 Å². The third-order valence-corrected chi connectivity index (χ3v) is 2.58. The maximum atomic E-state index is 11.6. The molecule has 1 aromatic heterocycles. The van der Waals surface area contributed by atoms with Crippen molar-refractivity contribution in [3.63, 3.8) is 0 Å². The molecule has 1 fully saturated rings. The van der Waals surface area contributed by atoms with E-state index in [1.165, 1.54) is 0 Å². The van der Waals surface area contributed by atoms with Gasteiger partial charge in [0.25, 0.3) is 0 Å². The molecule has 0 bridgehead atoms. The van der Waals surface area contributed by atoms with Gasteiger partial charge in [0.05, 0.1) is 12.9 Å². The van der Waals surface area contributed by atoms with Gasteiger partial charge in [-0.25, -0.2) is 0 Å². The Hall–Kier alpha value is -1.09. The van der Waals surface area contributed by atoms with Gasteiger partial charge in [0.15, 0.2) is 0 Å². The number of ether oxygens (including phenoxy) is 1. The monoisotopic (exact) mass is 194 g/mol. The molecular weight excluding hydrogens is 180 g/mol. The Balaban J connectivity index is 1.77. The van der Waals surface area contributed by atoms with Crippen molar-refractivity contribution in [1.82, 2.24) is 0 Å². The molecule has 0 spiro atoms. The molecule has 3 heteroatoms. The average molecular weight is 194 g/mol. The summed E-state index contributed by atoms with van der Waals surface area (Å²) in [7, 11) is 0. The predicted octanol–water partition coefficient (Wildman–Crippen LogP) is 1.82. The maximum absolute atomic E-state index is 11.6. The average Bonchev–Trinajstić information content (AvgIpc) is 2.87. The fourth-order valence-corrected chi connectivity index (χ4v) is 1.69. The number of aryl methyl sites for hydroxylation is 1. The molecule has 0 amide bonds. The van der Waals surface area contributed by atoms with E-state index in [-0.39, 0.29) is 5.92 Å². The van der Waals surface area contributed by atoms with Crippen molar-refractivity contribution in [1.29, 1.82) is 0 Å². The van der Waals surface area contributed by atoms with Crippen LogP contribution in [0.2, 0.25) is 0 Å². The first kappa shape index (κ1) is 9.46. The first-order valence-corrected chi connectivity index (χ1v) is 4.99. The predicted molar refractivity (Wildman–Crippen MR) is 51.0 cm³/mol. The quantitative estimate of drug-likeness (QED) is 0.733. The lowest BCUT2D eigenvalue weighted by atomic mass is 9.99. The number of hydrogen-bond donors (Lipinski definition) is 0. The van der Waals surface area contributed by atoms with Crippen molar-refractivity contribution >= 4 is 5.78 Å². The van der Waals surface area contributed by atoms with E-state index in [0.717, 1.165) is 18.8 Å². The molecule has 0 radical (unpaired) electrons. The molecule has 0 aromatic carbocycles. The van der Waals surface area contributed by atoms with Gasteiger partial charge in [-0.3, -0.25) is 4.79 Å². The molecule has 1 saturated heterocycles. The number of hydrogen-bond acceptors (Lipinski definition) is 3. The summed E-state index contributed by atoms with van der Waals surface area (Å²) in [6, 6.07) is 3.75. The van der Waals surface area contributed by atoms with Crippen LogP contribution in [-0.4, -0.2) is 19.0 Å². The van der Waals surface area contributed by atoms with Crippen LogP contribution in [0.3, 0.4) is 0 Å². The molecule has 1 aromatic rings. The van der Waals surface area contributed by atoms with Crippen molar-refractivity contribution in [3.05, 3.63) is 24.2 Å². The van der Waals surface area contributed by atoms with E-state index in [9.17, 15) is 4.79 Å². The van der Waals surface area contributed by atoms with E-state index in [1.54, 1.807) is 6.26 Å². The fourth-order valence-electron chi connectivity index (χ4n) is 1.69. The number of ketones is 1. The molecule has 76 valence electrons. The molecule has 2 rings (SSSR count). The number of carbonyl (C=O) groups is 1. The first-order valence-electron chi connectivity index (χ1n) is 4.99. The summed E-state index contributed by atoms with van der Waals surface area (Å²) in [6.45, 7) is 1.34. The fraction of sp³-hybridized carbons (Fsp3) is 0.545. The van der Waals surface area contributed by atoms with E-state index in [0.29, 0.717) is 25.2 Å². The van der Waals surface area contributed by atoms with Gasteiger partial charge in [-0.15, -0.1) is 0 Å². The van der Waals surface area contributed by atoms with Gasteiger partial charge in [-0.05, 0) is 18.6 Å². The van der Waals surface area contributed by atoms with Crippen molar-refractivity contribution < 1.29 is 13.9 Å². The van der Waals surface area contributed by atoms with Crippen molar-refractivity contribution in [2.75, 3.05) is 13.2 Å². The van der Waals surface area contributed by atoms with E-state index >= 15 is 0 Å². The molecule has 0 aliphatic carbocycles. The second-order valence-corrected chi connectivity index (χ2v) is 3.61. The van der Waals surface area contributed by atoms with Gasteiger partial charge in [0.2, 0.25) is 0 Å². The SMILES string of the molecule is O=C(CCc1ccco1)C1CCOC1. The lowest BCUT2D eigenvalue weighted by Crippen LogP contribution is -2.14. The summed E-state index contributed by atoms with van der Waals surface area (Å²) < 4.78 is 10.3. The topological polar surface area (TPSA) is 39.4 Å². The summed E-state index contributed by atoms with van der Waals surface area (Å²) >= 11 is 0. The van der Waals surface area contributed by atoms with E-state index in [2.05, 4.69) is 0 Å². The van der Waals surface area contributed by atoms with Crippen molar-refractivity contribution in [3.8, 4) is 0 Å². The highest BCUT2D eigenvalue weighted by atomic mass is 16.5. The normalized spacial score (nSPS) is 21.3. The van der Waals surface area contributed by atoms with Crippen LogP contribution in [0.1, 0.15) is 18.6 Å². The Kier molecular flexibility index (Phi) is 2.99. The highest BCUT2D eigenvalue weighted by Gasteiger charge is 2.22. The Morgan fingerprint density at radius 1 is 1.57 bits per heavy atom. The second kappa shape index (κ2) is 4.42. The Morgan fingerprint density at radius 3 is 3.14 bits per heavy atom. The van der Waals surface area contributed by atoms with Crippen molar-refractivity contribution in [2.45, 2.75) is 19.3 Å². The molecule has 1 atom stereocenters. The summed E-state index contributed by atoms with van der Waals surface area (Å²) in [5, 5.41) is 0. The minimum absolute atomic E-state index is 0.130. The number of furan rings is 1. The zero-order valence-electron chi connectivity index (χ0n) is 8.07. The highest BCUT2D eigenvalue weighted by Crippen LogP contribution is 2.16. The largest absolute Gasteiger partial charge is 0.469 e. The van der Waals surface area contributed by atoms with Crippen molar-refractivity contribution in [2.24, 2.45) is 5.92 Å². The number of carbonyl (C=O) groups excluding carboxylic acids is 1. The molecule has 1 aliphatic heterocycles. The first-order chi connectivity index (χ1) is 6.86. The molecule has 2 heterocycles. The Morgan fingerprint density at radius 2 is 2.50 bits per heavy atom.